The zero-order chi connectivity index (χ0) is 32.8. The summed E-state index contributed by atoms with van der Waals surface area (Å²) >= 11 is 0. The van der Waals surface area contributed by atoms with Crippen LogP contribution in [-0.2, 0) is 27.9 Å². The summed E-state index contributed by atoms with van der Waals surface area (Å²) < 4.78 is 31.8. The molecule has 0 spiro atoms. The molecule has 0 amide bonds. The molecule has 0 radical (unpaired) electrons. The smallest absolute Gasteiger partial charge is 0.330 e. The molecular formula is C34H66O6Si2. The first-order valence-corrected chi connectivity index (χ1v) is 21.2. The summed E-state index contributed by atoms with van der Waals surface area (Å²) in [6, 6.07) is 0. The van der Waals surface area contributed by atoms with Gasteiger partial charge in [-0.2, -0.15) is 0 Å². The molecule has 42 heavy (non-hydrogen) atoms. The largest absolute Gasteiger partial charge is 0.466 e. The van der Waals surface area contributed by atoms with Crippen molar-refractivity contribution in [1.29, 1.82) is 0 Å². The van der Waals surface area contributed by atoms with Crippen LogP contribution in [-0.4, -0.2) is 61.4 Å². The lowest BCUT2D eigenvalue weighted by atomic mass is 9.87. The van der Waals surface area contributed by atoms with E-state index < -0.39 is 16.6 Å². The maximum absolute atomic E-state index is 12.0. The third-order valence-electron chi connectivity index (χ3n) is 9.99. The summed E-state index contributed by atoms with van der Waals surface area (Å²) in [5, 5.41) is 0.101. The molecule has 0 bridgehead atoms. The van der Waals surface area contributed by atoms with Crippen LogP contribution in [0.25, 0.3) is 0 Å². The Labute approximate surface area is 261 Å². The Morgan fingerprint density at radius 1 is 0.952 bits per heavy atom. The molecule has 0 aliphatic carbocycles. The summed E-state index contributed by atoms with van der Waals surface area (Å²) in [7, 11) is -1.05. The molecule has 246 valence electrons. The minimum absolute atomic E-state index is 0.0177. The molecule has 1 aliphatic heterocycles. The molecule has 0 aromatic heterocycles. The SMILES string of the molecule is COC(=O)/C=C\[C@H](C)[C@@H](O[Si](C(C)C)(C(C)C)C(C)C)/C(C)=C/[C@H](C)[C@H]1O[C@H](O[Si](C)(C)C(C)(C)C)[C@@H](C)C[C@@H]1OC. The van der Waals surface area contributed by atoms with Crippen molar-refractivity contribution in [2.24, 2.45) is 17.8 Å². The third kappa shape index (κ3) is 9.61. The summed E-state index contributed by atoms with van der Waals surface area (Å²) in [6.45, 7) is 33.9. The highest BCUT2D eigenvalue weighted by Gasteiger charge is 2.48. The van der Waals surface area contributed by atoms with Gasteiger partial charge in [0.25, 0.3) is 0 Å². The van der Waals surface area contributed by atoms with Crippen molar-refractivity contribution in [3.05, 3.63) is 23.8 Å². The first-order valence-electron chi connectivity index (χ1n) is 16.1. The second-order valence-corrected chi connectivity index (χ2v) is 25.4. The van der Waals surface area contributed by atoms with E-state index in [0.717, 1.165) is 12.0 Å². The van der Waals surface area contributed by atoms with E-state index in [1.54, 1.807) is 7.11 Å². The van der Waals surface area contributed by atoms with Gasteiger partial charge in [0.15, 0.2) is 14.6 Å². The van der Waals surface area contributed by atoms with E-state index in [2.05, 4.69) is 109 Å². The van der Waals surface area contributed by atoms with Crippen LogP contribution in [0.2, 0.25) is 34.8 Å². The number of ether oxygens (including phenoxy) is 3. The lowest BCUT2D eigenvalue weighted by molar-refractivity contribution is -0.229. The molecule has 1 fully saturated rings. The van der Waals surface area contributed by atoms with Gasteiger partial charge < -0.3 is 23.1 Å². The Hall–Kier alpha value is -0.776. The Kier molecular flexibility index (Phi) is 14.9. The van der Waals surface area contributed by atoms with Gasteiger partial charge in [-0.3, -0.25) is 0 Å². The predicted octanol–water partition coefficient (Wildman–Crippen LogP) is 9.28. The van der Waals surface area contributed by atoms with Crippen LogP contribution < -0.4 is 0 Å². The summed E-state index contributed by atoms with van der Waals surface area (Å²) in [5.74, 6) is -0.0528. The number of rotatable bonds is 14. The molecule has 0 aromatic carbocycles. The standard InChI is InChI=1S/C34H66O6Si2/c1-22(2)42(23(3)4,24(5)6)39-31(25(7)18-19-30(35)37-15)26(8)20-27(9)32-29(36-14)21-28(10)33(38-32)40-41(16,17)34(11,12)13/h18-20,22-25,27-29,31-33H,21H2,1-17H3/b19-18-,26-20+/t25-,27-,28-,29-,31+,32+,33+/m0/s1. The molecule has 7 atom stereocenters. The molecule has 1 saturated heterocycles. The maximum atomic E-state index is 12.0. The minimum atomic E-state index is -2.22. The predicted molar refractivity (Wildman–Crippen MR) is 181 cm³/mol. The van der Waals surface area contributed by atoms with Crippen molar-refractivity contribution in [1.82, 2.24) is 0 Å². The molecule has 0 saturated carbocycles. The number of carbonyl (C=O) groups excluding carboxylic acids is 1. The van der Waals surface area contributed by atoms with Gasteiger partial charge in [-0.15, -0.1) is 0 Å². The van der Waals surface area contributed by atoms with Crippen molar-refractivity contribution >= 4 is 22.6 Å². The van der Waals surface area contributed by atoms with Crippen LogP contribution in [0.1, 0.15) is 96.4 Å². The first-order chi connectivity index (χ1) is 19.2. The number of esters is 1. The lowest BCUT2D eigenvalue weighted by Crippen LogP contribution is -2.53. The van der Waals surface area contributed by atoms with Crippen molar-refractivity contribution in [3.8, 4) is 0 Å². The average molecular weight is 627 g/mol. The van der Waals surface area contributed by atoms with Crippen LogP contribution in [0.4, 0.5) is 0 Å². The van der Waals surface area contributed by atoms with Crippen molar-refractivity contribution in [3.63, 3.8) is 0 Å². The van der Waals surface area contributed by atoms with Gasteiger partial charge in [0, 0.05) is 30.9 Å². The molecular weight excluding hydrogens is 561 g/mol. The highest BCUT2D eigenvalue weighted by Crippen LogP contribution is 2.45. The van der Waals surface area contributed by atoms with E-state index in [4.69, 9.17) is 23.1 Å². The van der Waals surface area contributed by atoms with Gasteiger partial charge in [-0.1, -0.05) is 95.2 Å². The number of methoxy groups -OCH3 is 2. The number of hydrogen-bond donors (Lipinski definition) is 0. The molecule has 1 rings (SSSR count). The van der Waals surface area contributed by atoms with E-state index >= 15 is 0 Å². The number of carbonyl (C=O) groups is 1. The van der Waals surface area contributed by atoms with Gasteiger partial charge in [-0.25, -0.2) is 4.79 Å². The Morgan fingerprint density at radius 3 is 1.90 bits per heavy atom. The van der Waals surface area contributed by atoms with Crippen molar-refractivity contribution in [2.45, 2.75) is 156 Å². The van der Waals surface area contributed by atoms with Gasteiger partial charge in [0.05, 0.1) is 25.4 Å². The lowest BCUT2D eigenvalue weighted by Gasteiger charge is -2.47. The van der Waals surface area contributed by atoms with E-state index in [1.807, 2.05) is 6.08 Å². The summed E-state index contributed by atoms with van der Waals surface area (Å²) in [4.78, 5) is 12.0. The fourth-order valence-corrected chi connectivity index (χ4v) is 13.4. The molecule has 0 N–H and O–H groups in total. The second kappa shape index (κ2) is 16.0. The van der Waals surface area contributed by atoms with Crippen LogP contribution in [0.3, 0.4) is 0 Å². The topological polar surface area (TPSA) is 63.2 Å². The second-order valence-electron chi connectivity index (χ2n) is 15.2. The van der Waals surface area contributed by atoms with E-state index in [0.29, 0.717) is 16.6 Å². The van der Waals surface area contributed by atoms with E-state index in [-0.39, 0.29) is 53.4 Å². The van der Waals surface area contributed by atoms with Crippen LogP contribution in [0, 0.1) is 17.8 Å². The molecule has 0 aromatic rings. The molecule has 6 nitrogen and oxygen atoms in total. The van der Waals surface area contributed by atoms with Gasteiger partial charge in [0.2, 0.25) is 8.32 Å². The average Bonchev–Trinajstić information content (AvgIpc) is 2.86. The van der Waals surface area contributed by atoms with E-state index in [1.165, 1.54) is 13.2 Å². The molecule has 1 aliphatic rings. The van der Waals surface area contributed by atoms with Crippen molar-refractivity contribution in [2.75, 3.05) is 14.2 Å². The maximum Gasteiger partial charge on any atom is 0.330 e. The monoisotopic (exact) mass is 626 g/mol. The van der Waals surface area contributed by atoms with Crippen LogP contribution in [0.5, 0.6) is 0 Å². The Bertz CT molecular complexity index is 882. The molecule has 0 unspecified atom stereocenters. The Morgan fingerprint density at radius 2 is 1.48 bits per heavy atom. The van der Waals surface area contributed by atoms with Gasteiger partial charge in [-0.05, 0) is 53.7 Å². The summed E-state index contributed by atoms with van der Waals surface area (Å²) in [5.41, 5.74) is 2.48. The number of hydrogen-bond acceptors (Lipinski definition) is 6. The zero-order valence-electron chi connectivity index (χ0n) is 30.2. The van der Waals surface area contributed by atoms with E-state index in [9.17, 15) is 4.79 Å². The fraction of sp³-hybridized carbons (Fsp3) is 0.853. The third-order valence-corrected chi connectivity index (χ3v) is 20.5. The molecule has 8 heteroatoms. The van der Waals surface area contributed by atoms with Crippen LogP contribution >= 0.6 is 0 Å². The fourth-order valence-electron chi connectivity index (χ4n) is 6.54. The highest BCUT2D eigenvalue weighted by atomic mass is 28.4. The normalized spacial score (nSPS) is 25.4. The van der Waals surface area contributed by atoms with Gasteiger partial charge >= 0.3 is 5.97 Å². The van der Waals surface area contributed by atoms with Gasteiger partial charge in [0.1, 0.15) is 0 Å². The highest BCUT2D eigenvalue weighted by molar-refractivity contribution is 6.77. The zero-order valence-corrected chi connectivity index (χ0v) is 32.2. The first kappa shape index (κ1) is 39.2. The Balaban J connectivity index is 3.50. The molecule has 1 heterocycles. The minimum Gasteiger partial charge on any atom is -0.466 e. The van der Waals surface area contributed by atoms with Crippen molar-refractivity contribution < 1.29 is 27.9 Å². The quantitative estimate of drug-likeness (QED) is 0.0829. The summed E-state index contributed by atoms with van der Waals surface area (Å²) in [6.07, 6.45) is 6.06. The van der Waals surface area contributed by atoms with Crippen LogP contribution in [0.15, 0.2) is 23.8 Å².